The van der Waals surface area contributed by atoms with E-state index in [9.17, 15) is 14.3 Å². The average Bonchev–Trinajstić information content (AvgIpc) is 2.97. The third kappa shape index (κ3) is 10.3. The van der Waals surface area contributed by atoms with E-state index in [-0.39, 0.29) is 18.8 Å². The van der Waals surface area contributed by atoms with Gasteiger partial charge in [0, 0.05) is 69.7 Å². The van der Waals surface area contributed by atoms with Gasteiger partial charge in [0.2, 0.25) is 5.95 Å². The Morgan fingerprint density at radius 1 is 1.12 bits per heavy atom. The highest BCUT2D eigenvalue weighted by molar-refractivity contribution is 7.51. The van der Waals surface area contributed by atoms with E-state index in [4.69, 9.17) is 20.9 Å². The summed E-state index contributed by atoms with van der Waals surface area (Å²) in [5.74, 6) is 1.09. The zero-order valence-electron chi connectivity index (χ0n) is 23.7. The summed E-state index contributed by atoms with van der Waals surface area (Å²) in [4.78, 5) is 34.6. The van der Waals surface area contributed by atoms with Gasteiger partial charge >= 0.3 is 7.60 Å². The van der Waals surface area contributed by atoms with Gasteiger partial charge in [-0.2, -0.15) is 0 Å². The summed E-state index contributed by atoms with van der Waals surface area (Å²) in [6.07, 6.45) is 4.03. The standard InChI is InChI=1S/C30H37ClN5O5P/c1-3-26(37)20-23-7-4-8-24(19-23)29-28(31)22-32-30(34-29)33-25-9-5-10-27(21-25)40-17-6-11-35-12-14-36(15-13-35)16-18-41-42(2,38)39/h3-5,7-10,19,21-22H,1,6,11-18,20H2,2H3,(H,38,39)(H,32,33,34). The predicted octanol–water partition coefficient (Wildman–Crippen LogP) is 5.06. The normalized spacial score (nSPS) is 15.6. The van der Waals surface area contributed by atoms with Gasteiger partial charge in [0.1, 0.15) is 5.75 Å². The zero-order chi connectivity index (χ0) is 30.0. The Morgan fingerprint density at radius 3 is 2.60 bits per heavy atom. The van der Waals surface area contributed by atoms with Crippen LogP contribution in [0, 0.1) is 0 Å². The molecular weight excluding hydrogens is 577 g/mol. The number of benzene rings is 2. The highest BCUT2D eigenvalue weighted by Crippen LogP contribution is 2.36. The van der Waals surface area contributed by atoms with E-state index in [0.29, 0.717) is 29.8 Å². The number of ketones is 1. The first-order valence-electron chi connectivity index (χ1n) is 13.8. The van der Waals surface area contributed by atoms with Crippen molar-refractivity contribution < 1.29 is 23.5 Å². The average molecular weight is 614 g/mol. The van der Waals surface area contributed by atoms with Gasteiger partial charge < -0.3 is 24.4 Å². The SMILES string of the molecule is C=CC(=O)Cc1cccc(-c2nc(Nc3cccc(OCCCN4CCN(CCOP(C)(=O)O)CC4)c3)ncc2Cl)c1. The van der Waals surface area contributed by atoms with Crippen LogP contribution in [-0.4, -0.2) is 89.6 Å². The number of piperazine rings is 1. The lowest BCUT2D eigenvalue weighted by Crippen LogP contribution is -2.47. The van der Waals surface area contributed by atoms with Crippen molar-refractivity contribution in [2.75, 3.05) is 64.5 Å². The molecule has 0 radical (unpaired) electrons. The molecule has 0 saturated carbocycles. The number of carbonyl (C=O) groups excluding carboxylic acids is 1. The lowest BCUT2D eigenvalue weighted by atomic mass is 10.0. The number of anilines is 2. The Kier molecular flexibility index (Phi) is 11.7. The summed E-state index contributed by atoms with van der Waals surface area (Å²) in [5.41, 5.74) is 3.00. The molecule has 12 heteroatoms. The third-order valence-electron chi connectivity index (χ3n) is 6.73. The first-order chi connectivity index (χ1) is 20.2. The van der Waals surface area contributed by atoms with Crippen molar-refractivity contribution in [1.29, 1.82) is 0 Å². The number of ether oxygens (including phenoxy) is 1. The van der Waals surface area contributed by atoms with Crippen molar-refractivity contribution in [2.45, 2.75) is 12.8 Å². The Balaban J connectivity index is 1.25. The van der Waals surface area contributed by atoms with Gasteiger partial charge in [-0.3, -0.25) is 14.3 Å². The first-order valence-corrected chi connectivity index (χ1v) is 16.3. The maximum atomic E-state index is 11.8. The van der Waals surface area contributed by atoms with Crippen LogP contribution in [0.3, 0.4) is 0 Å². The number of rotatable bonds is 15. The molecule has 0 amide bonds. The molecule has 4 rings (SSSR count). The van der Waals surface area contributed by atoms with Gasteiger partial charge in [0.25, 0.3) is 0 Å². The first kappa shape index (κ1) is 31.8. The maximum absolute atomic E-state index is 11.8. The van der Waals surface area contributed by atoms with Gasteiger partial charge in [-0.1, -0.05) is 42.4 Å². The van der Waals surface area contributed by atoms with Crippen molar-refractivity contribution in [3.05, 3.63) is 78.0 Å². The van der Waals surface area contributed by atoms with Crippen molar-refractivity contribution in [1.82, 2.24) is 19.8 Å². The van der Waals surface area contributed by atoms with E-state index >= 15 is 0 Å². The molecule has 1 fully saturated rings. The second-order valence-corrected chi connectivity index (χ2v) is 12.4. The highest BCUT2D eigenvalue weighted by Gasteiger charge is 2.18. The summed E-state index contributed by atoms with van der Waals surface area (Å²) in [6, 6.07) is 15.2. The number of aromatic nitrogens is 2. The second kappa shape index (κ2) is 15.4. The topological polar surface area (TPSA) is 117 Å². The van der Waals surface area contributed by atoms with E-state index in [1.807, 2.05) is 48.5 Å². The highest BCUT2D eigenvalue weighted by atomic mass is 35.5. The molecule has 1 aromatic heterocycles. The third-order valence-corrected chi connectivity index (χ3v) is 7.67. The summed E-state index contributed by atoms with van der Waals surface area (Å²) < 4.78 is 22.2. The smallest absolute Gasteiger partial charge is 0.325 e. The largest absolute Gasteiger partial charge is 0.493 e. The number of nitrogens with zero attached hydrogens (tertiary/aromatic N) is 4. The monoisotopic (exact) mass is 613 g/mol. The Bertz CT molecular complexity index is 1410. The molecule has 0 bridgehead atoms. The van der Waals surface area contributed by atoms with Crippen LogP contribution in [0.15, 0.2) is 67.4 Å². The molecule has 1 unspecified atom stereocenters. The van der Waals surface area contributed by atoms with Crippen molar-refractivity contribution in [2.24, 2.45) is 0 Å². The summed E-state index contributed by atoms with van der Waals surface area (Å²) >= 11 is 6.43. The minimum Gasteiger partial charge on any atom is -0.493 e. The van der Waals surface area contributed by atoms with Gasteiger partial charge in [0.15, 0.2) is 5.78 Å². The molecule has 2 aromatic carbocycles. The van der Waals surface area contributed by atoms with E-state index in [1.165, 1.54) is 12.7 Å². The fourth-order valence-electron chi connectivity index (χ4n) is 4.58. The van der Waals surface area contributed by atoms with Crippen LogP contribution in [0.1, 0.15) is 12.0 Å². The molecule has 0 spiro atoms. The summed E-state index contributed by atoms with van der Waals surface area (Å²) in [6.45, 7) is 10.9. The molecule has 42 heavy (non-hydrogen) atoms. The van der Waals surface area contributed by atoms with Gasteiger partial charge in [-0.15, -0.1) is 0 Å². The van der Waals surface area contributed by atoms with Crippen molar-refractivity contribution >= 4 is 36.6 Å². The van der Waals surface area contributed by atoms with Crippen LogP contribution in [0.4, 0.5) is 11.6 Å². The second-order valence-electron chi connectivity index (χ2n) is 10.1. The number of hydrogen-bond donors (Lipinski definition) is 2. The van der Waals surface area contributed by atoms with Gasteiger partial charge in [0.05, 0.1) is 30.1 Å². The van der Waals surface area contributed by atoms with Gasteiger partial charge in [-0.25, -0.2) is 9.97 Å². The number of hydrogen-bond acceptors (Lipinski definition) is 9. The summed E-state index contributed by atoms with van der Waals surface area (Å²) in [7, 11) is -3.41. The number of carbonyl (C=O) groups is 1. The molecule has 1 saturated heterocycles. The molecule has 2 heterocycles. The van der Waals surface area contributed by atoms with Crippen molar-refractivity contribution in [3.63, 3.8) is 0 Å². The number of allylic oxidation sites excluding steroid dienone is 1. The summed E-state index contributed by atoms with van der Waals surface area (Å²) in [5, 5.41) is 3.64. The van der Waals surface area contributed by atoms with E-state index in [1.54, 1.807) is 6.20 Å². The molecule has 224 valence electrons. The zero-order valence-corrected chi connectivity index (χ0v) is 25.4. The lowest BCUT2D eigenvalue weighted by molar-refractivity contribution is -0.114. The Morgan fingerprint density at radius 2 is 1.86 bits per heavy atom. The minimum absolute atomic E-state index is 0.0538. The van der Waals surface area contributed by atoms with E-state index in [2.05, 4.69) is 31.7 Å². The van der Waals surface area contributed by atoms with Crippen molar-refractivity contribution in [3.8, 4) is 17.0 Å². The molecule has 10 nitrogen and oxygen atoms in total. The molecule has 3 aromatic rings. The fraction of sp³-hybridized carbons (Fsp3) is 0.367. The fourth-order valence-corrected chi connectivity index (χ4v) is 5.20. The van der Waals surface area contributed by atoms with Crippen LogP contribution < -0.4 is 10.1 Å². The molecule has 1 atom stereocenters. The van der Waals surface area contributed by atoms with Crippen LogP contribution in [-0.2, 0) is 20.3 Å². The number of nitrogens with one attached hydrogen (secondary N) is 1. The number of halogens is 1. The quantitative estimate of drug-likeness (QED) is 0.137. The van der Waals surface area contributed by atoms with Crippen LogP contribution in [0.25, 0.3) is 11.3 Å². The molecule has 1 aliphatic rings. The minimum atomic E-state index is -3.41. The maximum Gasteiger partial charge on any atom is 0.325 e. The molecule has 0 aliphatic carbocycles. The molecule has 2 N–H and O–H groups in total. The van der Waals surface area contributed by atoms with Crippen LogP contribution in [0.2, 0.25) is 5.02 Å². The predicted molar refractivity (Wildman–Crippen MR) is 166 cm³/mol. The Hall–Kier alpha value is -3.11. The van der Waals surface area contributed by atoms with Crippen LogP contribution in [0.5, 0.6) is 5.75 Å². The van der Waals surface area contributed by atoms with E-state index in [0.717, 1.165) is 61.7 Å². The Labute approximate surface area is 251 Å². The van der Waals surface area contributed by atoms with Crippen LogP contribution >= 0.6 is 19.2 Å². The lowest BCUT2D eigenvalue weighted by Gasteiger charge is -2.34. The van der Waals surface area contributed by atoms with Gasteiger partial charge in [-0.05, 0) is 36.3 Å². The molecule has 1 aliphatic heterocycles. The van der Waals surface area contributed by atoms with E-state index < -0.39 is 7.60 Å². The molecular formula is C30H37ClN5O5P.